The van der Waals surface area contributed by atoms with Crippen molar-refractivity contribution in [2.24, 2.45) is 0 Å². The molecule has 0 saturated carbocycles. The van der Waals surface area contributed by atoms with Gasteiger partial charge in [0, 0.05) is 18.3 Å². The second-order valence-electron chi connectivity index (χ2n) is 4.66. The first-order chi connectivity index (χ1) is 11.1. The molecule has 0 spiro atoms. The van der Waals surface area contributed by atoms with Crippen LogP contribution in [0.25, 0.3) is 0 Å². The molecule has 1 heterocycles. The smallest absolute Gasteiger partial charge is 0.411 e. The maximum absolute atomic E-state index is 11.3. The van der Waals surface area contributed by atoms with E-state index >= 15 is 0 Å². The molecule has 23 heavy (non-hydrogen) atoms. The molecule has 0 bridgehead atoms. The average molecular weight is 314 g/mol. The van der Waals surface area contributed by atoms with Gasteiger partial charge in [-0.15, -0.1) is 0 Å². The molecule has 7 nitrogen and oxygen atoms in total. The molecule has 2 amide bonds. The quantitative estimate of drug-likeness (QED) is 0.787. The number of hydrogen-bond donors (Lipinski definition) is 3. The second-order valence-corrected chi connectivity index (χ2v) is 4.66. The van der Waals surface area contributed by atoms with E-state index in [4.69, 9.17) is 4.74 Å². The van der Waals surface area contributed by atoms with Gasteiger partial charge in [0.15, 0.2) is 0 Å². The van der Waals surface area contributed by atoms with E-state index in [-0.39, 0.29) is 5.91 Å². The Hall–Kier alpha value is -3.09. The Labute approximate surface area is 134 Å². The van der Waals surface area contributed by atoms with E-state index in [9.17, 15) is 9.59 Å². The van der Waals surface area contributed by atoms with E-state index in [1.54, 1.807) is 31.2 Å². The van der Waals surface area contributed by atoms with Crippen LogP contribution in [0.1, 0.15) is 13.8 Å². The van der Waals surface area contributed by atoms with Crippen LogP contribution in [0, 0.1) is 0 Å². The van der Waals surface area contributed by atoms with Crippen LogP contribution in [0.4, 0.5) is 27.7 Å². The Balaban J connectivity index is 2.00. The van der Waals surface area contributed by atoms with Crippen molar-refractivity contribution < 1.29 is 14.3 Å². The van der Waals surface area contributed by atoms with Gasteiger partial charge in [-0.25, -0.2) is 9.78 Å². The molecule has 3 N–H and O–H groups in total. The van der Waals surface area contributed by atoms with Crippen LogP contribution in [-0.4, -0.2) is 23.6 Å². The molecule has 0 saturated heterocycles. The lowest BCUT2D eigenvalue weighted by molar-refractivity contribution is -0.114. The lowest BCUT2D eigenvalue weighted by Gasteiger charge is -2.09. The summed E-state index contributed by atoms with van der Waals surface area (Å²) in [6.07, 6.45) is 1.01. The Morgan fingerprint density at radius 3 is 2.52 bits per heavy atom. The number of aromatic nitrogens is 1. The van der Waals surface area contributed by atoms with Gasteiger partial charge in [0.25, 0.3) is 0 Å². The predicted octanol–water partition coefficient (Wildman–Crippen LogP) is 3.35. The maximum atomic E-state index is 11.3. The van der Waals surface area contributed by atoms with E-state index < -0.39 is 6.09 Å². The fourth-order valence-corrected chi connectivity index (χ4v) is 1.85. The summed E-state index contributed by atoms with van der Waals surface area (Å²) >= 11 is 0. The van der Waals surface area contributed by atoms with Crippen molar-refractivity contribution >= 4 is 34.9 Å². The van der Waals surface area contributed by atoms with Gasteiger partial charge in [-0.1, -0.05) is 6.07 Å². The zero-order valence-corrected chi connectivity index (χ0v) is 12.9. The lowest BCUT2D eigenvalue weighted by Crippen LogP contribution is -2.13. The number of nitrogens with zero attached hydrogens (tertiary/aromatic N) is 1. The number of nitrogens with one attached hydrogen (secondary N) is 3. The van der Waals surface area contributed by atoms with Crippen molar-refractivity contribution in [3.05, 3.63) is 42.6 Å². The van der Waals surface area contributed by atoms with E-state index in [0.717, 1.165) is 5.69 Å². The number of carbonyl (C=O) groups is 2. The van der Waals surface area contributed by atoms with Gasteiger partial charge in [0.05, 0.1) is 18.5 Å². The monoisotopic (exact) mass is 314 g/mol. The number of pyridine rings is 1. The molecular formula is C16H18N4O3. The highest BCUT2D eigenvalue weighted by molar-refractivity contribution is 5.89. The van der Waals surface area contributed by atoms with Crippen LogP contribution in [0.15, 0.2) is 42.6 Å². The summed E-state index contributed by atoms with van der Waals surface area (Å²) in [5, 5.41) is 8.40. The first-order valence-corrected chi connectivity index (χ1v) is 7.11. The number of anilines is 4. The SMILES string of the molecule is CCOC(=O)Nc1ccc(Nc2cccc(NC(C)=O)c2)nc1. The molecule has 120 valence electrons. The minimum atomic E-state index is -0.516. The topological polar surface area (TPSA) is 92.4 Å². The Bertz CT molecular complexity index is 686. The molecule has 2 aromatic rings. The van der Waals surface area contributed by atoms with Crippen molar-refractivity contribution in [2.75, 3.05) is 22.6 Å². The second kappa shape index (κ2) is 7.79. The number of amides is 2. The van der Waals surface area contributed by atoms with Gasteiger partial charge in [-0.05, 0) is 37.3 Å². The molecule has 7 heteroatoms. The van der Waals surface area contributed by atoms with Crippen molar-refractivity contribution in [1.82, 2.24) is 4.98 Å². The van der Waals surface area contributed by atoms with Crippen molar-refractivity contribution in [3.63, 3.8) is 0 Å². The molecule has 0 radical (unpaired) electrons. The normalized spacial score (nSPS) is 9.83. The van der Waals surface area contributed by atoms with Crippen molar-refractivity contribution in [2.45, 2.75) is 13.8 Å². The Morgan fingerprint density at radius 1 is 1.09 bits per heavy atom. The van der Waals surface area contributed by atoms with Crippen LogP contribution in [0.2, 0.25) is 0 Å². The summed E-state index contributed by atoms with van der Waals surface area (Å²) in [7, 11) is 0. The van der Waals surface area contributed by atoms with Crippen LogP contribution >= 0.6 is 0 Å². The summed E-state index contributed by atoms with van der Waals surface area (Å²) < 4.78 is 4.79. The summed E-state index contributed by atoms with van der Waals surface area (Å²) in [4.78, 5) is 26.6. The van der Waals surface area contributed by atoms with Gasteiger partial charge < -0.3 is 15.4 Å². The highest BCUT2D eigenvalue weighted by Gasteiger charge is 2.03. The van der Waals surface area contributed by atoms with E-state index in [1.165, 1.54) is 13.1 Å². The van der Waals surface area contributed by atoms with Gasteiger partial charge in [0.1, 0.15) is 5.82 Å². The molecule has 2 rings (SSSR count). The zero-order valence-electron chi connectivity index (χ0n) is 12.9. The lowest BCUT2D eigenvalue weighted by atomic mass is 10.2. The third-order valence-electron chi connectivity index (χ3n) is 2.74. The van der Waals surface area contributed by atoms with Gasteiger partial charge in [0.2, 0.25) is 5.91 Å². The summed E-state index contributed by atoms with van der Waals surface area (Å²) in [6, 6.07) is 10.7. The summed E-state index contributed by atoms with van der Waals surface area (Å²) in [6.45, 7) is 3.50. The van der Waals surface area contributed by atoms with Crippen LogP contribution in [0.3, 0.4) is 0 Å². The first-order valence-electron chi connectivity index (χ1n) is 7.11. The van der Waals surface area contributed by atoms with Gasteiger partial charge >= 0.3 is 6.09 Å². The molecule has 0 unspecified atom stereocenters. The molecule has 0 aliphatic heterocycles. The van der Waals surface area contributed by atoms with Crippen LogP contribution < -0.4 is 16.0 Å². The predicted molar refractivity (Wildman–Crippen MR) is 88.9 cm³/mol. The number of carbonyl (C=O) groups excluding carboxylic acids is 2. The van der Waals surface area contributed by atoms with E-state index in [2.05, 4.69) is 20.9 Å². The van der Waals surface area contributed by atoms with E-state index in [1.807, 2.05) is 12.1 Å². The fourth-order valence-electron chi connectivity index (χ4n) is 1.85. The highest BCUT2D eigenvalue weighted by atomic mass is 16.5. The zero-order chi connectivity index (χ0) is 16.7. The van der Waals surface area contributed by atoms with Crippen molar-refractivity contribution in [3.8, 4) is 0 Å². The fraction of sp³-hybridized carbons (Fsp3) is 0.188. The average Bonchev–Trinajstić information content (AvgIpc) is 2.49. The third kappa shape index (κ3) is 5.31. The summed E-state index contributed by atoms with van der Waals surface area (Å²) in [5.74, 6) is 0.481. The van der Waals surface area contributed by atoms with Crippen LogP contribution in [-0.2, 0) is 9.53 Å². The molecule has 0 aliphatic rings. The summed E-state index contributed by atoms with van der Waals surface area (Å²) in [5.41, 5.74) is 2.03. The van der Waals surface area contributed by atoms with Crippen molar-refractivity contribution in [1.29, 1.82) is 0 Å². The first kappa shape index (κ1) is 16.3. The number of benzene rings is 1. The number of ether oxygens (including phenoxy) is 1. The molecule has 0 fully saturated rings. The minimum Gasteiger partial charge on any atom is -0.450 e. The minimum absolute atomic E-state index is 0.130. The largest absolute Gasteiger partial charge is 0.450 e. The third-order valence-corrected chi connectivity index (χ3v) is 2.74. The molecule has 0 aliphatic carbocycles. The Morgan fingerprint density at radius 2 is 1.87 bits per heavy atom. The molecule has 1 aromatic heterocycles. The van der Waals surface area contributed by atoms with E-state index in [0.29, 0.717) is 23.8 Å². The van der Waals surface area contributed by atoms with Crippen LogP contribution in [0.5, 0.6) is 0 Å². The van der Waals surface area contributed by atoms with Gasteiger partial charge in [-0.2, -0.15) is 0 Å². The molecule has 1 aromatic carbocycles. The molecular weight excluding hydrogens is 296 g/mol. The molecule has 0 atom stereocenters. The maximum Gasteiger partial charge on any atom is 0.411 e. The number of hydrogen-bond acceptors (Lipinski definition) is 5. The Kier molecular flexibility index (Phi) is 5.51. The number of rotatable bonds is 5. The standard InChI is InChI=1S/C16H18N4O3/c1-3-23-16(22)20-14-7-8-15(17-10-14)19-13-6-4-5-12(9-13)18-11(2)21/h4-10H,3H2,1-2H3,(H,17,19)(H,18,21)(H,20,22). The highest BCUT2D eigenvalue weighted by Crippen LogP contribution is 2.19. The van der Waals surface area contributed by atoms with Gasteiger partial charge in [-0.3, -0.25) is 10.1 Å².